The highest BCUT2D eigenvalue weighted by Crippen LogP contribution is 2.33. The molecule has 0 bridgehead atoms. The quantitative estimate of drug-likeness (QED) is 0.622. The number of carbonyl (C=O) groups is 1. The minimum absolute atomic E-state index is 0.0173. The first kappa shape index (κ1) is 20.8. The lowest BCUT2D eigenvalue weighted by atomic mass is 10.1. The molecule has 2 N–H and O–H groups in total. The van der Waals surface area contributed by atoms with Crippen LogP contribution in [0.25, 0.3) is 5.69 Å². The standard InChI is InChI=1S/C19H17ClF3N5O/c1-12(13-2-5-15(20)6-3-13)25-9-18(29)27-16-8-14(19(21,22)23)4-7-17(16)28-11-24-10-26-28/h2-8,10-12,25H,9H2,1H3,(H,27,29)/t12-/m0/s1. The van der Waals surface area contributed by atoms with Crippen LogP contribution in [0.1, 0.15) is 24.1 Å². The number of anilines is 1. The number of alkyl halides is 3. The van der Waals surface area contributed by atoms with Gasteiger partial charge in [0.05, 0.1) is 23.5 Å². The normalized spacial score (nSPS) is 12.6. The molecule has 0 aliphatic heterocycles. The maximum Gasteiger partial charge on any atom is 0.416 e. The van der Waals surface area contributed by atoms with Gasteiger partial charge in [-0.1, -0.05) is 23.7 Å². The molecule has 3 aromatic rings. The number of amides is 1. The zero-order valence-electron chi connectivity index (χ0n) is 15.2. The Labute approximate surface area is 169 Å². The monoisotopic (exact) mass is 423 g/mol. The van der Waals surface area contributed by atoms with E-state index in [4.69, 9.17) is 11.6 Å². The highest BCUT2D eigenvalue weighted by atomic mass is 35.5. The van der Waals surface area contributed by atoms with Gasteiger partial charge in [0, 0.05) is 11.1 Å². The minimum atomic E-state index is -4.54. The molecule has 0 spiro atoms. The minimum Gasteiger partial charge on any atom is -0.323 e. The summed E-state index contributed by atoms with van der Waals surface area (Å²) in [5, 5.41) is 10.1. The van der Waals surface area contributed by atoms with Gasteiger partial charge in [-0.2, -0.15) is 18.3 Å². The second-order valence-electron chi connectivity index (χ2n) is 6.27. The van der Waals surface area contributed by atoms with Crippen molar-refractivity contribution in [3.8, 4) is 5.69 Å². The van der Waals surface area contributed by atoms with Crippen LogP contribution < -0.4 is 10.6 Å². The summed E-state index contributed by atoms with van der Waals surface area (Å²) in [7, 11) is 0. The van der Waals surface area contributed by atoms with Gasteiger partial charge in [0.15, 0.2) is 0 Å². The molecular weight excluding hydrogens is 407 g/mol. The maximum atomic E-state index is 13.1. The fraction of sp³-hybridized carbons (Fsp3) is 0.211. The highest BCUT2D eigenvalue weighted by molar-refractivity contribution is 6.30. The van der Waals surface area contributed by atoms with E-state index in [2.05, 4.69) is 20.7 Å². The molecule has 0 fully saturated rings. The van der Waals surface area contributed by atoms with Crippen LogP contribution in [0.5, 0.6) is 0 Å². The third-order valence-corrected chi connectivity index (χ3v) is 4.45. The van der Waals surface area contributed by atoms with Crippen molar-refractivity contribution in [3.63, 3.8) is 0 Å². The van der Waals surface area contributed by atoms with Gasteiger partial charge in [-0.15, -0.1) is 0 Å². The molecule has 0 saturated carbocycles. The first-order chi connectivity index (χ1) is 13.7. The number of benzene rings is 2. The predicted molar refractivity (Wildman–Crippen MR) is 103 cm³/mol. The van der Waals surface area contributed by atoms with Crippen molar-refractivity contribution < 1.29 is 18.0 Å². The molecule has 2 aromatic carbocycles. The Morgan fingerprint density at radius 3 is 2.55 bits per heavy atom. The zero-order chi connectivity index (χ0) is 21.0. The third-order valence-electron chi connectivity index (χ3n) is 4.20. The van der Waals surface area contributed by atoms with Gasteiger partial charge in [0.25, 0.3) is 0 Å². The molecule has 1 atom stereocenters. The van der Waals surface area contributed by atoms with Crippen molar-refractivity contribution in [2.45, 2.75) is 19.1 Å². The predicted octanol–water partition coefficient (Wildman–Crippen LogP) is 4.23. The van der Waals surface area contributed by atoms with Gasteiger partial charge in [-0.05, 0) is 42.8 Å². The summed E-state index contributed by atoms with van der Waals surface area (Å²) in [6.45, 7) is 1.76. The van der Waals surface area contributed by atoms with Crippen LogP contribution in [-0.4, -0.2) is 27.2 Å². The Balaban J connectivity index is 1.73. The van der Waals surface area contributed by atoms with Gasteiger partial charge in [-0.3, -0.25) is 4.79 Å². The molecule has 0 radical (unpaired) electrons. The molecular formula is C19H17ClF3N5O. The number of halogens is 4. The Morgan fingerprint density at radius 1 is 1.21 bits per heavy atom. The largest absolute Gasteiger partial charge is 0.416 e. The molecule has 0 saturated heterocycles. The third kappa shape index (κ3) is 5.33. The van der Waals surface area contributed by atoms with Gasteiger partial charge in [-0.25, -0.2) is 9.67 Å². The Morgan fingerprint density at radius 2 is 1.93 bits per heavy atom. The lowest BCUT2D eigenvalue weighted by molar-refractivity contribution is -0.137. The molecule has 0 aliphatic carbocycles. The number of nitrogens with one attached hydrogen (secondary N) is 2. The number of aromatic nitrogens is 3. The summed E-state index contributed by atoms with van der Waals surface area (Å²) in [6.07, 6.45) is -1.96. The lowest BCUT2D eigenvalue weighted by Crippen LogP contribution is -2.30. The van der Waals surface area contributed by atoms with Gasteiger partial charge in [0.1, 0.15) is 12.7 Å². The van der Waals surface area contributed by atoms with E-state index in [1.54, 1.807) is 12.1 Å². The van der Waals surface area contributed by atoms with E-state index in [0.717, 1.165) is 17.7 Å². The van der Waals surface area contributed by atoms with E-state index < -0.39 is 17.6 Å². The molecule has 1 amide bonds. The molecule has 0 aliphatic rings. The maximum absolute atomic E-state index is 13.1. The highest BCUT2D eigenvalue weighted by Gasteiger charge is 2.31. The number of hydrogen-bond acceptors (Lipinski definition) is 4. The summed E-state index contributed by atoms with van der Waals surface area (Å²) in [4.78, 5) is 16.1. The van der Waals surface area contributed by atoms with Crippen molar-refractivity contribution in [2.75, 3.05) is 11.9 Å². The van der Waals surface area contributed by atoms with Crippen LogP contribution >= 0.6 is 11.6 Å². The fourth-order valence-corrected chi connectivity index (χ4v) is 2.78. The van der Waals surface area contributed by atoms with E-state index in [0.29, 0.717) is 5.02 Å². The zero-order valence-corrected chi connectivity index (χ0v) is 16.0. The molecule has 1 heterocycles. The SMILES string of the molecule is C[C@H](NCC(=O)Nc1cc(C(F)(F)F)ccc1-n1cncn1)c1ccc(Cl)cc1. The molecule has 1 aromatic heterocycles. The molecule has 152 valence electrons. The Kier molecular flexibility index (Phi) is 6.19. The van der Waals surface area contributed by atoms with Crippen LogP contribution in [0.4, 0.5) is 18.9 Å². The summed E-state index contributed by atoms with van der Waals surface area (Å²) >= 11 is 5.86. The summed E-state index contributed by atoms with van der Waals surface area (Å²) in [5.74, 6) is -0.494. The summed E-state index contributed by atoms with van der Waals surface area (Å²) in [6, 6.07) is 10.0. The molecule has 3 rings (SSSR count). The second-order valence-corrected chi connectivity index (χ2v) is 6.71. The number of rotatable bonds is 6. The van der Waals surface area contributed by atoms with Crippen LogP contribution in [0.3, 0.4) is 0 Å². The fourth-order valence-electron chi connectivity index (χ4n) is 2.65. The van der Waals surface area contributed by atoms with Crippen molar-refractivity contribution >= 4 is 23.2 Å². The van der Waals surface area contributed by atoms with Crippen LogP contribution in [0, 0.1) is 0 Å². The van der Waals surface area contributed by atoms with Gasteiger partial charge in [0.2, 0.25) is 5.91 Å². The molecule has 10 heteroatoms. The van der Waals surface area contributed by atoms with E-state index >= 15 is 0 Å². The van der Waals surface area contributed by atoms with Crippen molar-refractivity contribution in [1.29, 1.82) is 0 Å². The van der Waals surface area contributed by atoms with Crippen LogP contribution in [-0.2, 0) is 11.0 Å². The Bertz CT molecular complexity index is 975. The number of nitrogens with zero attached hydrogens (tertiary/aromatic N) is 3. The average Bonchev–Trinajstić information content (AvgIpc) is 3.20. The summed E-state index contributed by atoms with van der Waals surface area (Å²) < 4.78 is 40.5. The Hall–Kier alpha value is -2.91. The molecule has 6 nitrogen and oxygen atoms in total. The van der Waals surface area contributed by atoms with E-state index in [9.17, 15) is 18.0 Å². The second kappa shape index (κ2) is 8.62. The van der Waals surface area contributed by atoms with Crippen molar-refractivity contribution in [2.24, 2.45) is 0 Å². The van der Waals surface area contributed by atoms with Crippen LogP contribution in [0.15, 0.2) is 55.1 Å². The van der Waals surface area contributed by atoms with Gasteiger partial charge >= 0.3 is 6.18 Å². The van der Waals surface area contributed by atoms with E-state index in [1.165, 1.54) is 23.4 Å². The lowest BCUT2D eigenvalue weighted by Gasteiger charge is -2.16. The number of carbonyl (C=O) groups excluding carboxylic acids is 1. The van der Waals surface area contributed by atoms with E-state index in [-0.39, 0.29) is 24.0 Å². The smallest absolute Gasteiger partial charge is 0.323 e. The molecule has 0 unspecified atom stereocenters. The topological polar surface area (TPSA) is 71.8 Å². The summed E-state index contributed by atoms with van der Waals surface area (Å²) in [5.41, 5.74) is 0.301. The van der Waals surface area contributed by atoms with Crippen molar-refractivity contribution in [3.05, 3.63) is 71.3 Å². The van der Waals surface area contributed by atoms with Crippen molar-refractivity contribution in [1.82, 2.24) is 20.1 Å². The molecule has 29 heavy (non-hydrogen) atoms. The number of hydrogen-bond donors (Lipinski definition) is 2. The van der Waals surface area contributed by atoms with E-state index in [1.807, 2.05) is 19.1 Å². The average molecular weight is 424 g/mol. The van der Waals surface area contributed by atoms with Crippen LogP contribution in [0.2, 0.25) is 5.02 Å². The van der Waals surface area contributed by atoms with Gasteiger partial charge < -0.3 is 10.6 Å². The first-order valence-corrected chi connectivity index (χ1v) is 8.97. The first-order valence-electron chi connectivity index (χ1n) is 8.59.